The van der Waals surface area contributed by atoms with Gasteiger partial charge in [-0.1, -0.05) is 43.8 Å². The monoisotopic (exact) mass is 252 g/mol. The quantitative estimate of drug-likeness (QED) is 0.546. The van der Waals surface area contributed by atoms with Gasteiger partial charge < -0.3 is 9.47 Å². The minimum atomic E-state index is -0.904. The molecule has 0 aliphatic carbocycles. The lowest BCUT2D eigenvalue weighted by molar-refractivity contribution is -0.0685. The van der Waals surface area contributed by atoms with E-state index in [1.165, 1.54) is 18.5 Å². The summed E-state index contributed by atoms with van der Waals surface area (Å²) in [4.78, 5) is 0. The molecule has 2 atom stereocenters. The Balaban J connectivity index is 1.68. The van der Waals surface area contributed by atoms with Crippen molar-refractivity contribution < 1.29 is 9.47 Å². The van der Waals surface area contributed by atoms with E-state index >= 15 is 0 Å². The highest BCUT2D eigenvalue weighted by atomic mass is 28.3. The van der Waals surface area contributed by atoms with Crippen LogP contribution in [0.2, 0.25) is 18.6 Å². The Hall–Kier alpha value is -0.543. The molecule has 0 aromatic rings. The van der Waals surface area contributed by atoms with Crippen molar-refractivity contribution in [2.75, 3.05) is 6.61 Å². The van der Waals surface area contributed by atoms with Gasteiger partial charge in [-0.3, -0.25) is 0 Å². The molecular weight excluding hydrogens is 228 g/mol. The Morgan fingerprint density at radius 3 is 2.71 bits per heavy atom. The molecule has 2 heterocycles. The third-order valence-corrected chi connectivity index (χ3v) is 7.79. The van der Waals surface area contributed by atoms with Crippen molar-refractivity contribution >= 4 is 8.07 Å². The minimum Gasteiger partial charge on any atom is -0.473 e. The molecule has 2 rings (SSSR count). The average molecular weight is 252 g/mol. The molecule has 2 nitrogen and oxygen atoms in total. The van der Waals surface area contributed by atoms with Crippen LogP contribution < -0.4 is 0 Å². The van der Waals surface area contributed by atoms with Gasteiger partial charge in [0.25, 0.3) is 0 Å². The first-order chi connectivity index (χ1) is 8.18. The number of allylic oxidation sites excluding steroid dienone is 2. The molecule has 2 unspecified atom stereocenters. The summed E-state index contributed by atoms with van der Waals surface area (Å²) < 4.78 is 10.9. The van der Waals surface area contributed by atoms with Crippen molar-refractivity contribution in [2.45, 2.75) is 51.1 Å². The summed E-state index contributed by atoms with van der Waals surface area (Å²) in [6.45, 7) is 5.53. The van der Waals surface area contributed by atoms with Crippen LogP contribution in [-0.2, 0) is 9.47 Å². The van der Waals surface area contributed by atoms with E-state index in [1.807, 2.05) is 6.26 Å². The minimum absolute atomic E-state index is 0.000883. The first-order valence-electron chi connectivity index (χ1n) is 6.81. The van der Waals surface area contributed by atoms with Crippen LogP contribution in [0.4, 0.5) is 0 Å². The highest BCUT2D eigenvalue weighted by Crippen LogP contribution is 2.33. The van der Waals surface area contributed by atoms with Crippen LogP contribution in [0.5, 0.6) is 0 Å². The molecular formula is C14H24O2Si. The Kier molecular flexibility index (Phi) is 4.46. The molecule has 0 aromatic carbocycles. The predicted octanol–water partition coefficient (Wildman–Crippen LogP) is 3.87. The predicted molar refractivity (Wildman–Crippen MR) is 73.4 cm³/mol. The largest absolute Gasteiger partial charge is 0.473 e. The number of hydrogen-bond acceptors (Lipinski definition) is 2. The zero-order chi connectivity index (χ0) is 12.1. The van der Waals surface area contributed by atoms with E-state index in [1.54, 1.807) is 0 Å². The zero-order valence-corrected chi connectivity index (χ0v) is 12.0. The van der Waals surface area contributed by atoms with E-state index in [-0.39, 0.29) is 6.29 Å². The standard InChI is InChI=1S/C14H24O2Si/c1-13(7-12-17(2)10-4-11-17)6-9-16-14-5-3-8-15-14/h6-7,9,12-14H,3-5,8,10-11H2,1-2H3/b9-6+,12-7+. The number of ether oxygens (including phenoxy) is 2. The molecule has 17 heavy (non-hydrogen) atoms. The number of hydrogen-bond donors (Lipinski definition) is 0. The van der Waals surface area contributed by atoms with Crippen molar-refractivity contribution in [2.24, 2.45) is 5.92 Å². The second kappa shape index (κ2) is 5.87. The molecule has 0 bridgehead atoms. The van der Waals surface area contributed by atoms with Gasteiger partial charge in [0.1, 0.15) is 0 Å². The van der Waals surface area contributed by atoms with Gasteiger partial charge in [-0.25, -0.2) is 0 Å². The topological polar surface area (TPSA) is 18.5 Å². The third kappa shape index (κ3) is 4.00. The van der Waals surface area contributed by atoms with Gasteiger partial charge in [0.05, 0.1) is 20.9 Å². The van der Waals surface area contributed by atoms with Gasteiger partial charge >= 0.3 is 0 Å². The Bertz CT molecular complexity index is 289. The van der Waals surface area contributed by atoms with Gasteiger partial charge in [0, 0.05) is 6.42 Å². The summed E-state index contributed by atoms with van der Waals surface area (Å²) >= 11 is 0. The van der Waals surface area contributed by atoms with Crippen molar-refractivity contribution in [3.05, 3.63) is 24.1 Å². The summed E-state index contributed by atoms with van der Waals surface area (Å²) in [6.07, 6.45) is 9.88. The van der Waals surface area contributed by atoms with Gasteiger partial charge in [-0.2, -0.15) is 0 Å². The van der Waals surface area contributed by atoms with Crippen molar-refractivity contribution in [1.29, 1.82) is 0 Å². The van der Waals surface area contributed by atoms with Crippen LogP contribution in [0.3, 0.4) is 0 Å². The SMILES string of the molecule is CC(/C=C/OC1CCCO1)/C=C/[Si]1(C)CCC1. The molecule has 2 aliphatic heterocycles. The summed E-state index contributed by atoms with van der Waals surface area (Å²) in [5.41, 5.74) is 2.51. The summed E-state index contributed by atoms with van der Waals surface area (Å²) in [5.74, 6) is 0.473. The van der Waals surface area contributed by atoms with Gasteiger partial charge in [-0.05, 0) is 18.4 Å². The fourth-order valence-electron chi connectivity index (χ4n) is 2.26. The van der Waals surface area contributed by atoms with Crippen molar-refractivity contribution in [3.63, 3.8) is 0 Å². The third-order valence-electron chi connectivity index (χ3n) is 3.80. The van der Waals surface area contributed by atoms with Crippen LogP contribution in [-0.4, -0.2) is 21.0 Å². The van der Waals surface area contributed by atoms with E-state index in [0.29, 0.717) is 5.92 Å². The molecule has 0 N–H and O–H groups in total. The first-order valence-corrected chi connectivity index (χ1v) is 9.80. The molecule has 0 spiro atoms. The van der Waals surface area contributed by atoms with E-state index in [9.17, 15) is 0 Å². The lowest BCUT2D eigenvalue weighted by Crippen LogP contribution is -2.35. The van der Waals surface area contributed by atoms with E-state index < -0.39 is 8.07 Å². The maximum Gasteiger partial charge on any atom is 0.198 e. The van der Waals surface area contributed by atoms with Crippen molar-refractivity contribution in [3.8, 4) is 0 Å². The van der Waals surface area contributed by atoms with Gasteiger partial charge in [0.2, 0.25) is 0 Å². The lowest BCUT2D eigenvalue weighted by Gasteiger charge is -2.33. The van der Waals surface area contributed by atoms with Crippen LogP contribution in [0.15, 0.2) is 24.1 Å². The van der Waals surface area contributed by atoms with E-state index in [0.717, 1.165) is 19.4 Å². The van der Waals surface area contributed by atoms with Crippen LogP contribution in [0.25, 0.3) is 0 Å². The average Bonchev–Trinajstić information content (AvgIpc) is 2.77. The maximum absolute atomic E-state index is 5.52. The van der Waals surface area contributed by atoms with E-state index in [4.69, 9.17) is 9.47 Å². The normalized spacial score (nSPS) is 29.6. The molecule has 0 amide bonds. The molecule has 3 heteroatoms. The summed E-state index contributed by atoms with van der Waals surface area (Å²) in [6, 6.07) is 2.96. The fourth-order valence-corrected chi connectivity index (χ4v) is 4.83. The molecule has 0 aromatic heterocycles. The van der Waals surface area contributed by atoms with Crippen molar-refractivity contribution in [1.82, 2.24) is 0 Å². The molecule has 0 saturated carbocycles. The lowest BCUT2D eigenvalue weighted by atomic mass is 10.2. The summed E-state index contributed by atoms with van der Waals surface area (Å²) in [7, 11) is -0.904. The Morgan fingerprint density at radius 2 is 2.12 bits per heavy atom. The smallest absolute Gasteiger partial charge is 0.198 e. The van der Waals surface area contributed by atoms with Crippen LogP contribution in [0, 0.1) is 5.92 Å². The Morgan fingerprint density at radius 1 is 1.29 bits per heavy atom. The first kappa shape index (κ1) is 12.9. The highest BCUT2D eigenvalue weighted by molar-refractivity contribution is 6.85. The maximum atomic E-state index is 5.52. The molecule has 2 saturated heterocycles. The van der Waals surface area contributed by atoms with Gasteiger partial charge in [-0.15, -0.1) is 0 Å². The van der Waals surface area contributed by atoms with Crippen LogP contribution >= 0.6 is 0 Å². The zero-order valence-electron chi connectivity index (χ0n) is 11.0. The number of rotatable bonds is 5. The highest BCUT2D eigenvalue weighted by Gasteiger charge is 2.30. The van der Waals surface area contributed by atoms with E-state index in [2.05, 4.69) is 31.3 Å². The second-order valence-corrected chi connectivity index (χ2v) is 10.3. The summed E-state index contributed by atoms with van der Waals surface area (Å²) in [5, 5.41) is 0. The fraction of sp³-hybridized carbons (Fsp3) is 0.714. The van der Waals surface area contributed by atoms with Gasteiger partial charge in [0.15, 0.2) is 6.29 Å². The Labute approximate surface area is 106 Å². The van der Waals surface area contributed by atoms with Crippen LogP contribution in [0.1, 0.15) is 26.2 Å². The second-order valence-electron chi connectivity index (χ2n) is 5.63. The molecule has 2 aliphatic rings. The molecule has 96 valence electrons. The molecule has 2 fully saturated rings. The molecule has 0 radical (unpaired) electrons.